The number of aryl methyl sites for hydroxylation is 1. The molecule has 2 rings (SSSR count). The molecule has 0 radical (unpaired) electrons. The molecule has 5 heteroatoms. The largest absolute Gasteiger partial charge is 0.505 e. The molecular formula is C12H15ClN2O2. The van der Waals surface area contributed by atoms with Gasteiger partial charge in [0.05, 0.1) is 11.7 Å². The third-order valence-corrected chi connectivity index (χ3v) is 3.12. The standard InChI is InChI=1S/C12H15ClN2O2/c1-7-5-8(13)6-10(11(7)16)15-12(17)9-3-2-4-14-9/h5-6,9,14,16H,2-4H2,1H3,(H,15,17). The van der Waals surface area contributed by atoms with Crippen molar-refractivity contribution in [2.75, 3.05) is 11.9 Å². The Kier molecular flexibility index (Phi) is 3.54. The monoisotopic (exact) mass is 254 g/mol. The number of carbonyl (C=O) groups is 1. The number of benzene rings is 1. The first-order valence-electron chi connectivity index (χ1n) is 5.61. The number of rotatable bonds is 2. The lowest BCUT2D eigenvalue weighted by atomic mass is 10.1. The zero-order chi connectivity index (χ0) is 12.4. The molecule has 0 aliphatic carbocycles. The van der Waals surface area contributed by atoms with Crippen molar-refractivity contribution in [3.63, 3.8) is 0 Å². The van der Waals surface area contributed by atoms with Gasteiger partial charge in [-0.15, -0.1) is 0 Å². The normalized spacial score (nSPS) is 19.3. The lowest BCUT2D eigenvalue weighted by Crippen LogP contribution is -2.35. The quantitative estimate of drug-likeness (QED) is 0.708. The fraction of sp³-hybridized carbons (Fsp3) is 0.417. The van der Waals surface area contributed by atoms with Crippen molar-refractivity contribution in [2.45, 2.75) is 25.8 Å². The topological polar surface area (TPSA) is 61.4 Å². The van der Waals surface area contributed by atoms with Crippen LogP contribution in [0.3, 0.4) is 0 Å². The van der Waals surface area contributed by atoms with Gasteiger partial charge in [-0.2, -0.15) is 0 Å². The smallest absolute Gasteiger partial charge is 0.241 e. The first-order chi connectivity index (χ1) is 8.08. The third-order valence-electron chi connectivity index (χ3n) is 2.90. The highest BCUT2D eigenvalue weighted by molar-refractivity contribution is 6.31. The first-order valence-corrected chi connectivity index (χ1v) is 5.99. The van der Waals surface area contributed by atoms with E-state index < -0.39 is 0 Å². The Morgan fingerprint density at radius 1 is 1.59 bits per heavy atom. The van der Waals surface area contributed by atoms with Gasteiger partial charge in [0.1, 0.15) is 5.75 Å². The van der Waals surface area contributed by atoms with Crippen LogP contribution in [-0.4, -0.2) is 23.6 Å². The summed E-state index contributed by atoms with van der Waals surface area (Å²) in [6.07, 6.45) is 1.82. The molecule has 1 aliphatic rings. The molecule has 1 atom stereocenters. The van der Waals surface area contributed by atoms with Gasteiger partial charge in [-0.25, -0.2) is 0 Å². The molecule has 1 fully saturated rings. The molecule has 0 spiro atoms. The van der Waals surface area contributed by atoms with E-state index in [0.717, 1.165) is 19.4 Å². The van der Waals surface area contributed by atoms with Crippen molar-refractivity contribution in [2.24, 2.45) is 0 Å². The SMILES string of the molecule is Cc1cc(Cl)cc(NC(=O)C2CCCN2)c1O. The summed E-state index contributed by atoms with van der Waals surface area (Å²) in [6.45, 7) is 2.60. The van der Waals surface area contributed by atoms with E-state index in [1.165, 1.54) is 0 Å². The van der Waals surface area contributed by atoms with E-state index >= 15 is 0 Å². The maximum atomic E-state index is 11.9. The van der Waals surface area contributed by atoms with Crippen LogP contribution in [0.4, 0.5) is 5.69 Å². The van der Waals surface area contributed by atoms with Gasteiger partial charge >= 0.3 is 0 Å². The van der Waals surface area contributed by atoms with E-state index in [0.29, 0.717) is 16.3 Å². The predicted octanol–water partition coefficient (Wildman–Crippen LogP) is 2.04. The summed E-state index contributed by atoms with van der Waals surface area (Å²) in [5.74, 6) is -0.0554. The second-order valence-electron chi connectivity index (χ2n) is 4.26. The van der Waals surface area contributed by atoms with E-state index in [-0.39, 0.29) is 17.7 Å². The molecule has 0 saturated carbocycles. The summed E-state index contributed by atoms with van der Waals surface area (Å²) in [5.41, 5.74) is 1.01. The Labute approximate surface area is 105 Å². The molecule has 17 heavy (non-hydrogen) atoms. The molecule has 92 valence electrons. The van der Waals surface area contributed by atoms with Crippen LogP contribution < -0.4 is 10.6 Å². The molecule has 0 aromatic heterocycles. The minimum atomic E-state index is -0.173. The van der Waals surface area contributed by atoms with E-state index in [9.17, 15) is 9.90 Å². The van der Waals surface area contributed by atoms with E-state index in [1.54, 1.807) is 19.1 Å². The summed E-state index contributed by atoms with van der Waals surface area (Å²) < 4.78 is 0. The zero-order valence-corrected chi connectivity index (χ0v) is 10.3. The second kappa shape index (κ2) is 4.94. The average Bonchev–Trinajstić information content (AvgIpc) is 2.78. The number of aromatic hydroxyl groups is 1. The lowest BCUT2D eigenvalue weighted by molar-refractivity contribution is -0.117. The molecule has 1 aliphatic heterocycles. The molecule has 1 saturated heterocycles. The van der Waals surface area contributed by atoms with Crippen LogP contribution in [0.5, 0.6) is 5.75 Å². The molecular weight excluding hydrogens is 240 g/mol. The van der Waals surface area contributed by atoms with Gasteiger partial charge in [-0.05, 0) is 44.0 Å². The number of phenolic OH excluding ortho intramolecular Hbond substituents is 1. The number of anilines is 1. The molecule has 4 nitrogen and oxygen atoms in total. The van der Waals surface area contributed by atoms with Gasteiger partial charge in [-0.3, -0.25) is 4.79 Å². The Morgan fingerprint density at radius 3 is 3.00 bits per heavy atom. The molecule has 0 bridgehead atoms. The highest BCUT2D eigenvalue weighted by Crippen LogP contribution is 2.31. The van der Waals surface area contributed by atoms with Gasteiger partial charge in [-0.1, -0.05) is 11.6 Å². The van der Waals surface area contributed by atoms with Gasteiger partial charge in [0.2, 0.25) is 5.91 Å². The van der Waals surface area contributed by atoms with Crippen LogP contribution in [0.15, 0.2) is 12.1 Å². The number of halogens is 1. The van der Waals surface area contributed by atoms with Crippen molar-refractivity contribution < 1.29 is 9.90 Å². The fourth-order valence-corrected chi connectivity index (χ4v) is 2.23. The van der Waals surface area contributed by atoms with Crippen LogP contribution in [0, 0.1) is 6.92 Å². The number of phenols is 1. The van der Waals surface area contributed by atoms with Crippen LogP contribution >= 0.6 is 11.6 Å². The number of amides is 1. The fourth-order valence-electron chi connectivity index (χ4n) is 1.96. The third kappa shape index (κ3) is 2.70. The molecule has 1 unspecified atom stereocenters. The van der Waals surface area contributed by atoms with Gasteiger partial charge in [0.15, 0.2) is 0 Å². The van der Waals surface area contributed by atoms with E-state index in [4.69, 9.17) is 11.6 Å². The minimum Gasteiger partial charge on any atom is -0.505 e. The Balaban J connectivity index is 2.15. The molecule has 1 aromatic carbocycles. The number of hydrogen-bond acceptors (Lipinski definition) is 3. The molecule has 1 heterocycles. The van der Waals surface area contributed by atoms with E-state index in [2.05, 4.69) is 10.6 Å². The minimum absolute atomic E-state index is 0.0701. The van der Waals surface area contributed by atoms with Crippen molar-refractivity contribution in [1.29, 1.82) is 0 Å². The van der Waals surface area contributed by atoms with Crippen LogP contribution in [0.1, 0.15) is 18.4 Å². The highest BCUT2D eigenvalue weighted by atomic mass is 35.5. The van der Waals surface area contributed by atoms with Gasteiger partial charge in [0.25, 0.3) is 0 Å². The van der Waals surface area contributed by atoms with Crippen LogP contribution in [-0.2, 0) is 4.79 Å². The zero-order valence-electron chi connectivity index (χ0n) is 9.59. The first kappa shape index (κ1) is 12.2. The lowest BCUT2D eigenvalue weighted by Gasteiger charge is -2.13. The summed E-state index contributed by atoms with van der Waals surface area (Å²) >= 11 is 5.89. The number of hydrogen-bond donors (Lipinski definition) is 3. The number of carbonyl (C=O) groups excluding carboxylic acids is 1. The summed E-state index contributed by atoms with van der Waals surface area (Å²) in [4.78, 5) is 11.9. The second-order valence-corrected chi connectivity index (χ2v) is 4.69. The Hall–Kier alpha value is -1.26. The molecule has 1 aromatic rings. The number of nitrogens with one attached hydrogen (secondary N) is 2. The summed E-state index contributed by atoms with van der Waals surface area (Å²) in [6, 6.07) is 3.03. The summed E-state index contributed by atoms with van der Waals surface area (Å²) in [5, 5.41) is 16.1. The van der Waals surface area contributed by atoms with Gasteiger partial charge < -0.3 is 15.7 Å². The van der Waals surface area contributed by atoms with Crippen LogP contribution in [0.2, 0.25) is 5.02 Å². The Morgan fingerprint density at radius 2 is 2.35 bits per heavy atom. The van der Waals surface area contributed by atoms with Crippen molar-refractivity contribution in [3.05, 3.63) is 22.7 Å². The highest BCUT2D eigenvalue weighted by Gasteiger charge is 2.22. The summed E-state index contributed by atoms with van der Waals surface area (Å²) in [7, 11) is 0. The average molecular weight is 255 g/mol. The van der Waals surface area contributed by atoms with Crippen molar-refractivity contribution in [1.82, 2.24) is 5.32 Å². The maximum absolute atomic E-state index is 11.9. The van der Waals surface area contributed by atoms with Crippen LogP contribution in [0.25, 0.3) is 0 Å². The molecule has 1 amide bonds. The van der Waals surface area contributed by atoms with Crippen molar-refractivity contribution in [3.8, 4) is 5.75 Å². The van der Waals surface area contributed by atoms with Crippen molar-refractivity contribution >= 4 is 23.2 Å². The van der Waals surface area contributed by atoms with Gasteiger partial charge in [0, 0.05) is 5.02 Å². The predicted molar refractivity (Wildman–Crippen MR) is 67.5 cm³/mol. The molecule has 3 N–H and O–H groups in total. The Bertz CT molecular complexity index is 442. The maximum Gasteiger partial charge on any atom is 0.241 e. The van der Waals surface area contributed by atoms with E-state index in [1.807, 2.05) is 0 Å².